The first kappa shape index (κ1) is 21.5. The molecule has 0 saturated carbocycles. The molecule has 0 amide bonds. The van der Waals surface area contributed by atoms with Crippen LogP contribution in [0, 0.1) is 0 Å². The van der Waals surface area contributed by atoms with E-state index < -0.39 is 6.10 Å². The molecule has 0 bridgehead atoms. The van der Waals surface area contributed by atoms with Crippen LogP contribution >= 0.6 is 24.0 Å². The molecule has 0 radical (unpaired) electrons. The molecule has 0 aliphatic heterocycles. The number of methoxy groups -OCH3 is 1. The number of aliphatic hydroxyl groups excluding tert-OH is 1. The fourth-order valence-electron chi connectivity index (χ4n) is 2.16. The molecule has 0 fully saturated rings. The molecule has 0 spiro atoms. The van der Waals surface area contributed by atoms with E-state index in [1.165, 1.54) is 0 Å². The normalized spacial score (nSPS) is 12.3. The summed E-state index contributed by atoms with van der Waals surface area (Å²) in [5.41, 5.74) is 0.855. The Kier molecular flexibility index (Phi) is 10.9. The van der Waals surface area contributed by atoms with Gasteiger partial charge in [-0.3, -0.25) is 4.99 Å². The van der Waals surface area contributed by atoms with Crippen molar-refractivity contribution in [2.75, 3.05) is 33.4 Å². The first-order chi connectivity index (χ1) is 11.8. The van der Waals surface area contributed by atoms with E-state index >= 15 is 0 Å². The van der Waals surface area contributed by atoms with E-state index in [0.29, 0.717) is 25.7 Å². The Morgan fingerprint density at radius 3 is 2.60 bits per heavy atom. The van der Waals surface area contributed by atoms with E-state index in [2.05, 4.69) is 15.6 Å². The third-order valence-electron chi connectivity index (χ3n) is 3.45. The number of hydrogen-bond donors (Lipinski definition) is 3. The Hall–Kier alpha value is -1.58. The zero-order chi connectivity index (χ0) is 17.0. The van der Waals surface area contributed by atoms with E-state index in [4.69, 9.17) is 9.15 Å². The summed E-state index contributed by atoms with van der Waals surface area (Å²) in [6.07, 6.45) is 1.80. The van der Waals surface area contributed by atoms with Crippen molar-refractivity contribution in [2.24, 2.45) is 4.99 Å². The van der Waals surface area contributed by atoms with Gasteiger partial charge in [0, 0.05) is 26.6 Å². The summed E-state index contributed by atoms with van der Waals surface area (Å²) in [7, 11) is 1.65. The minimum absolute atomic E-state index is 0. The van der Waals surface area contributed by atoms with E-state index in [-0.39, 0.29) is 30.5 Å². The van der Waals surface area contributed by atoms with Crippen LogP contribution in [0.25, 0.3) is 0 Å². The highest BCUT2D eigenvalue weighted by Crippen LogP contribution is 2.11. The lowest BCUT2D eigenvalue weighted by molar-refractivity contribution is 0.187. The molecule has 1 aromatic carbocycles. The number of hydrogen-bond acceptors (Lipinski definition) is 4. The quantitative estimate of drug-likeness (QED) is 0.232. The molecule has 0 aliphatic carbocycles. The van der Waals surface area contributed by atoms with Crippen LogP contribution in [0.3, 0.4) is 0 Å². The molecule has 25 heavy (non-hydrogen) atoms. The average molecular weight is 459 g/mol. The smallest absolute Gasteiger partial charge is 0.191 e. The van der Waals surface area contributed by atoms with E-state index in [1.54, 1.807) is 13.4 Å². The van der Waals surface area contributed by atoms with Crippen molar-refractivity contribution < 1.29 is 14.3 Å². The molecule has 0 aliphatic rings. The minimum atomic E-state index is -0.628. The van der Waals surface area contributed by atoms with E-state index in [9.17, 15) is 5.11 Å². The van der Waals surface area contributed by atoms with Gasteiger partial charge in [-0.2, -0.15) is 0 Å². The van der Waals surface area contributed by atoms with Gasteiger partial charge >= 0.3 is 0 Å². The summed E-state index contributed by atoms with van der Waals surface area (Å²) in [6, 6.07) is 13.3. The van der Waals surface area contributed by atoms with Crippen molar-refractivity contribution >= 4 is 29.9 Å². The van der Waals surface area contributed by atoms with Crippen molar-refractivity contribution in [3.05, 3.63) is 60.1 Å². The van der Waals surface area contributed by atoms with Crippen molar-refractivity contribution in [1.82, 2.24) is 10.6 Å². The lowest BCUT2D eigenvalue weighted by Gasteiger charge is -2.14. The van der Waals surface area contributed by atoms with Gasteiger partial charge in [-0.15, -0.1) is 24.0 Å². The molecule has 2 rings (SSSR count). The predicted molar refractivity (Wildman–Crippen MR) is 109 cm³/mol. The van der Waals surface area contributed by atoms with Gasteiger partial charge in [-0.1, -0.05) is 30.3 Å². The standard InChI is InChI=1S/C18H25N3O3.HI/c1-23-13-11-20-18(19-10-9-16-8-5-12-24-16)21-14-17(22)15-6-3-2-4-7-15;/h2-8,12,17,22H,9-11,13-14H2,1H3,(H2,19,20,21);1H. The first-order valence-electron chi connectivity index (χ1n) is 8.06. The number of aliphatic hydroxyl groups is 1. The molecule has 3 N–H and O–H groups in total. The molecule has 138 valence electrons. The Labute approximate surface area is 165 Å². The van der Waals surface area contributed by atoms with Crippen LogP contribution in [-0.2, 0) is 11.2 Å². The zero-order valence-corrected chi connectivity index (χ0v) is 16.7. The van der Waals surface area contributed by atoms with Gasteiger partial charge in [0.2, 0.25) is 0 Å². The summed E-state index contributed by atoms with van der Waals surface area (Å²) in [5.74, 6) is 1.57. The Bertz CT molecular complexity index is 591. The van der Waals surface area contributed by atoms with Gasteiger partial charge in [0.1, 0.15) is 5.76 Å². The van der Waals surface area contributed by atoms with E-state index in [1.807, 2.05) is 42.5 Å². The van der Waals surface area contributed by atoms with Crippen LogP contribution in [0.4, 0.5) is 0 Å². The second kappa shape index (κ2) is 12.7. The Morgan fingerprint density at radius 2 is 1.92 bits per heavy atom. The molecule has 6 nitrogen and oxygen atoms in total. The number of benzene rings is 1. The van der Waals surface area contributed by atoms with Gasteiger partial charge in [0.25, 0.3) is 0 Å². The fraction of sp³-hybridized carbons (Fsp3) is 0.389. The van der Waals surface area contributed by atoms with E-state index in [0.717, 1.165) is 17.7 Å². The van der Waals surface area contributed by atoms with Crippen molar-refractivity contribution in [1.29, 1.82) is 0 Å². The third-order valence-corrected chi connectivity index (χ3v) is 3.45. The molecule has 1 heterocycles. The molecule has 1 aromatic heterocycles. The lowest BCUT2D eigenvalue weighted by atomic mass is 10.1. The highest BCUT2D eigenvalue weighted by Gasteiger charge is 2.07. The molecule has 1 unspecified atom stereocenters. The van der Waals surface area contributed by atoms with Gasteiger partial charge in [-0.25, -0.2) is 0 Å². The van der Waals surface area contributed by atoms with Crippen LogP contribution in [0.15, 0.2) is 58.1 Å². The molecule has 2 aromatic rings. The van der Waals surface area contributed by atoms with Crippen molar-refractivity contribution in [2.45, 2.75) is 12.5 Å². The van der Waals surface area contributed by atoms with Crippen LogP contribution in [0.5, 0.6) is 0 Å². The second-order valence-electron chi connectivity index (χ2n) is 5.29. The Balaban J connectivity index is 0.00000312. The number of ether oxygens (including phenoxy) is 1. The van der Waals surface area contributed by atoms with Crippen LogP contribution in [0.2, 0.25) is 0 Å². The SMILES string of the molecule is COCCNC(=NCC(O)c1ccccc1)NCCc1ccco1.I. The van der Waals surface area contributed by atoms with Gasteiger partial charge < -0.3 is 24.9 Å². The minimum Gasteiger partial charge on any atom is -0.469 e. The van der Waals surface area contributed by atoms with Crippen LogP contribution < -0.4 is 10.6 Å². The Morgan fingerprint density at radius 1 is 1.16 bits per heavy atom. The molecular weight excluding hydrogens is 433 g/mol. The first-order valence-corrected chi connectivity index (χ1v) is 8.06. The molecule has 7 heteroatoms. The number of halogens is 1. The van der Waals surface area contributed by atoms with Crippen LogP contribution in [0.1, 0.15) is 17.4 Å². The summed E-state index contributed by atoms with van der Waals surface area (Å²) in [5, 5.41) is 16.6. The molecule has 1 atom stereocenters. The number of furan rings is 1. The monoisotopic (exact) mass is 459 g/mol. The maximum absolute atomic E-state index is 10.2. The third kappa shape index (κ3) is 8.37. The maximum Gasteiger partial charge on any atom is 0.191 e. The van der Waals surface area contributed by atoms with Crippen LogP contribution in [-0.4, -0.2) is 44.4 Å². The van der Waals surface area contributed by atoms with Gasteiger partial charge in [0.15, 0.2) is 5.96 Å². The molecule has 0 saturated heterocycles. The second-order valence-corrected chi connectivity index (χ2v) is 5.29. The summed E-state index contributed by atoms with van der Waals surface area (Å²) in [4.78, 5) is 4.45. The van der Waals surface area contributed by atoms with Crippen molar-refractivity contribution in [3.63, 3.8) is 0 Å². The maximum atomic E-state index is 10.2. The predicted octanol–water partition coefficient (Wildman–Crippen LogP) is 2.36. The average Bonchev–Trinajstić information content (AvgIpc) is 3.13. The fourth-order valence-corrected chi connectivity index (χ4v) is 2.16. The highest BCUT2D eigenvalue weighted by atomic mass is 127. The number of rotatable bonds is 9. The highest BCUT2D eigenvalue weighted by molar-refractivity contribution is 14.0. The lowest BCUT2D eigenvalue weighted by Crippen LogP contribution is -2.40. The largest absolute Gasteiger partial charge is 0.469 e. The van der Waals surface area contributed by atoms with Gasteiger partial charge in [0.05, 0.1) is 25.5 Å². The number of guanidine groups is 1. The summed E-state index contributed by atoms with van der Waals surface area (Å²) >= 11 is 0. The number of aliphatic imine (C=N–C) groups is 1. The number of nitrogens with zero attached hydrogens (tertiary/aromatic N) is 1. The summed E-state index contributed by atoms with van der Waals surface area (Å²) in [6.45, 7) is 2.20. The summed E-state index contributed by atoms with van der Waals surface area (Å²) < 4.78 is 10.4. The molecular formula is C18H26IN3O3. The zero-order valence-electron chi connectivity index (χ0n) is 14.4. The topological polar surface area (TPSA) is 79.0 Å². The van der Waals surface area contributed by atoms with Gasteiger partial charge in [-0.05, 0) is 17.7 Å². The number of nitrogens with one attached hydrogen (secondary N) is 2. The van der Waals surface area contributed by atoms with Crippen molar-refractivity contribution in [3.8, 4) is 0 Å².